The van der Waals surface area contributed by atoms with Crippen LogP contribution >= 0.6 is 34.3 Å². The third kappa shape index (κ3) is 3.17. The lowest BCUT2D eigenvalue weighted by Crippen LogP contribution is -2.11. The Labute approximate surface area is 136 Å². The molecule has 1 amide bonds. The molecule has 0 radical (unpaired) electrons. The molecule has 1 fully saturated rings. The summed E-state index contributed by atoms with van der Waals surface area (Å²) in [5.74, 6) is 0.0329. The average molecular weight is 342 g/mol. The zero-order chi connectivity index (χ0) is 15.0. The van der Waals surface area contributed by atoms with E-state index in [4.69, 9.17) is 23.1 Å². The third-order valence-corrected chi connectivity index (χ3v) is 5.96. The van der Waals surface area contributed by atoms with Gasteiger partial charge in [-0.1, -0.05) is 11.6 Å². The molecule has 0 saturated heterocycles. The molecular weight excluding hydrogens is 326 g/mol. The normalized spacial score (nSPS) is 14.3. The van der Waals surface area contributed by atoms with Crippen molar-refractivity contribution in [3.05, 3.63) is 31.8 Å². The van der Waals surface area contributed by atoms with E-state index in [0.717, 1.165) is 40.7 Å². The Hall–Kier alpha value is -1.24. The molecule has 4 nitrogen and oxygen atoms in total. The lowest BCUT2D eigenvalue weighted by atomic mass is 10.1. The summed E-state index contributed by atoms with van der Waals surface area (Å²) < 4.78 is 0.806. The standard InChI is InChI=1S/C14H16ClN3OS2/c15-9-4-3-8(20-9)5-6-18-14-10(7-1-2-7)11(16)12(21-14)13(17)19/h3-4,7,18H,1-2,5-6,16H2,(H2,17,19). The summed E-state index contributed by atoms with van der Waals surface area (Å²) in [5, 5.41) is 4.39. The minimum atomic E-state index is -0.447. The minimum Gasteiger partial charge on any atom is -0.397 e. The maximum atomic E-state index is 11.4. The van der Waals surface area contributed by atoms with Crippen LogP contribution in [0.25, 0.3) is 0 Å². The van der Waals surface area contributed by atoms with Gasteiger partial charge in [0, 0.05) is 17.0 Å². The number of nitrogens with one attached hydrogen (secondary N) is 1. The Bertz CT molecular complexity index is 676. The number of amides is 1. The van der Waals surface area contributed by atoms with Gasteiger partial charge < -0.3 is 16.8 Å². The molecule has 2 aromatic heterocycles. The van der Waals surface area contributed by atoms with E-state index < -0.39 is 5.91 Å². The molecule has 112 valence electrons. The second-order valence-electron chi connectivity index (χ2n) is 5.11. The lowest BCUT2D eigenvalue weighted by molar-refractivity contribution is 0.100. The molecule has 7 heteroatoms. The Morgan fingerprint density at radius 1 is 1.38 bits per heavy atom. The SMILES string of the molecule is NC(=O)c1sc(NCCc2ccc(Cl)s2)c(C2CC2)c1N. The van der Waals surface area contributed by atoms with Crippen LogP contribution in [0.4, 0.5) is 10.7 Å². The number of halogens is 1. The molecule has 0 aromatic carbocycles. The summed E-state index contributed by atoms with van der Waals surface area (Å²) >= 11 is 8.88. The number of hydrogen-bond acceptors (Lipinski definition) is 5. The molecule has 1 saturated carbocycles. The van der Waals surface area contributed by atoms with E-state index in [0.29, 0.717) is 16.5 Å². The Kier molecular flexibility index (Phi) is 4.10. The molecule has 0 aliphatic heterocycles. The summed E-state index contributed by atoms with van der Waals surface area (Å²) in [4.78, 5) is 13.1. The first kappa shape index (κ1) is 14.7. The summed E-state index contributed by atoms with van der Waals surface area (Å²) in [6.45, 7) is 0.786. The molecule has 0 atom stereocenters. The smallest absolute Gasteiger partial charge is 0.260 e. The Morgan fingerprint density at radius 2 is 2.14 bits per heavy atom. The fraction of sp³-hybridized carbons (Fsp3) is 0.357. The number of carbonyl (C=O) groups is 1. The summed E-state index contributed by atoms with van der Waals surface area (Å²) in [6, 6.07) is 3.94. The number of primary amides is 1. The van der Waals surface area contributed by atoms with Crippen LogP contribution in [0.5, 0.6) is 0 Å². The van der Waals surface area contributed by atoms with Gasteiger partial charge in [0.25, 0.3) is 5.91 Å². The second-order valence-corrected chi connectivity index (χ2v) is 7.93. The Morgan fingerprint density at radius 3 is 2.71 bits per heavy atom. The van der Waals surface area contributed by atoms with Gasteiger partial charge in [0.05, 0.1) is 15.0 Å². The van der Waals surface area contributed by atoms with Gasteiger partial charge in [-0.05, 0) is 37.3 Å². The molecular formula is C14H16ClN3OS2. The number of hydrogen-bond donors (Lipinski definition) is 3. The molecule has 1 aliphatic carbocycles. The topological polar surface area (TPSA) is 81.1 Å². The molecule has 21 heavy (non-hydrogen) atoms. The first-order valence-corrected chi connectivity index (χ1v) is 8.77. The van der Waals surface area contributed by atoms with Crippen LogP contribution in [0.2, 0.25) is 4.34 Å². The number of anilines is 2. The highest BCUT2D eigenvalue weighted by molar-refractivity contribution is 7.18. The van der Waals surface area contributed by atoms with Crippen LogP contribution in [0, 0.1) is 0 Å². The zero-order valence-electron chi connectivity index (χ0n) is 11.3. The highest BCUT2D eigenvalue weighted by Crippen LogP contribution is 2.50. The number of nitrogen functional groups attached to an aromatic ring is 1. The monoisotopic (exact) mass is 341 g/mol. The summed E-state index contributed by atoms with van der Waals surface area (Å²) in [7, 11) is 0. The maximum absolute atomic E-state index is 11.4. The van der Waals surface area contributed by atoms with Crippen LogP contribution in [-0.2, 0) is 6.42 Å². The van der Waals surface area contributed by atoms with Crippen molar-refractivity contribution in [1.82, 2.24) is 0 Å². The Balaban J connectivity index is 1.72. The van der Waals surface area contributed by atoms with Crippen molar-refractivity contribution in [2.24, 2.45) is 5.73 Å². The molecule has 3 rings (SSSR count). The number of nitrogens with two attached hydrogens (primary N) is 2. The number of thiophene rings is 2. The molecule has 1 aliphatic rings. The fourth-order valence-corrected chi connectivity index (χ4v) is 4.51. The van der Waals surface area contributed by atoms with Crippen molar-refractivity contribution in [2.45, 2.75) is 25.2 Å². The van der Waals surface area contributed by atoms with E-state index in [1.165, 1.54) is 16.2 Å². The average Bonchev–Trinajstić information content (AvgIpc) is 3.09. The van der Waals surface area contributed by atoms with Crippen LogP contribution in [-0.4, -0.2) is 12.5 Å². The van der Waals surface area contributed by atoms with Crippen LogP contribution in [0.15, 0.2) is 12.1 Å². The van der Waals surface area contributed by atoms with Gasteiger partial charge in [0.15, 0.2) is 0 Å². The number of rotatable bonds is 6. The molecule has 0 spiro atoms. The van der Waals surface area contributed by atoms with E-state index in [-0.39, 0.29) is 0 Å². The highest BCUT2D eigenvalue weighted by Gasteiger charge is 2.32. The largest absolute Gasteiger partial charge is 0.397 e. The molecule has 2 aromatic rings. The molecule has 2 heterocycles. The van der Waals surface area contributed by atoms with Crippen molar-refractivity contribution in [1.29, 1.82) is 0 Å². The summed E-state index contributed by atoms with van der Waals surface area (Å²) in [5.41, 5.74) is 13.1. The van der Waals surface area contributed by atoms with Crippen LogP contribution < -0.4 is 16.8 Å². The van der Waals surface area contributed by atoms with Gasteiger partial charge in [-0.15, -0.1) is 22.7 Å². The quantitative estimate of drug-likeness (QED) is 0.749. The van der Waals surface area contributed by atoms with E-state index in [2.05, 4.69) is 5.32 Å². The lowest BCUT2D eigenvalue weighted by Gasteiger charge is -2.06. The van der Waals surface area contributed by atoms with Crippen molar-refractivity contribution >= 4 is 50.9 Å². The fourth-order valence-electron chi connectivity index (χ4n) is 2.33. The van der Waals surface area contributed by atoms with Gasteiger partial charge in [-0.25, -0.2) is 0 Å². The number of carbonyl (C=O) groups excluding carboxylic acids is 1. The zero-order valence-corrected chi connectivity index (χ0v) is 13.7. The van der Waals surface area contributed by atoms with Crippen LogP contribution in [0.3, 0.4) is 0 Å². The molecule has 0 bridgehead atoms. The van der Waals surface area contributed by atoms with E-state index in [1.54, 1.807) is 11.3 Å². The predicted octanol–water partition coefficient (Wildman–Crippen LogP) is 3.68. The molecule has 5 N–H and O–H groups in total. The van der Waals surface area contributed by atoms with Crippen molar-refractivity contribution in [3.8, 4) is 0 Å². The van der Waals surface area contributed by atoms with E-state index in [9.17, 15) is 4.79 Å². The summed E-state index contributed by atoms with van der Waals surface area (Å²) in [6.07, 6.45) is 3.16. The van der Waals surface area contributed by atoms with Gasteiger partial charge in [-0.3, -0.25) is 4.79 Å². The van der Waals surface area contributed by atoms with Gasteiger partial charge in [-0.2, -0.15) is 0 Å². The van der Waals surface area contributed by atoms with Crippen molar-refractivity contribution < 1.29 is 4.79 Å². The third-order valence-electron chi connectivity index (χ3n) is 3.48. The first-order valence-electron chi connectivity index (χ1n) is 6.76. The van der Waals surface area contributed by atoms with Crippen LogP contribution in [0.1, 0.15) is 38.9 Å². The van der Waals surface area contributed by atoms with E-state index >= 15 is 0 Å². The highest BCUT2D eigenvalue weighted by atomic mass is 35.5. The van der Waals surface area contributed by atoms with Gasteiger partial charge in [0.1, 0.15) is 4.88 Å². The first-order chi connectivity index (χ1) is 10.1. The minimum absolute atomic E-state index is 0.447. The molecule has 0 unspecified atom stereocenters. The van der Waals surface area contributed by atoms with Gasteiger partial charge >= 0.3 is 0 Å². The van der Waals surface area contributed by atoms with Crippen molar-refractivity contribution in [2.75, 3.05) is 17.6 Å². The van der Waals surface area contributed by atoms with Gasteiger partial charge in [0.2, 0.25) is 0 Å². The maximum Gasteiger partial charge on any atom is 0.260 e. The second kappa shape index (κ2) is 5.87. The predicted molar refractivity (Wildman–Crippen MR) is 90.7 cm³/mol. The van der Waals surface area contributed by atoms with Crippen molar-refractivity contribution in [3.63, 3.8) is 0 Å². The van der Waals surface area contributed by atoms with E-state index in [1.807, 2.05) is 12.1 Å².